The van der Waals surface area contributed by atoms with E-state index in [1.54, 1.807) is 0 Å². The lowest BCUT2D eigenvalue weighted by molar-refractivity contribution is 0.207. The van der Waals surface area contributed by atoms with Crippen molar-refractivity contribution in [3.63, 3.8) is 0 Å². The van der Waals surface area contributed by atoms with E-state index < -0.39 is 0 Å². The number of hydrogen-bond acceptors (Lipinski definition) is 2. The van der Waals surface area contributed by atoms with E-state index in [-0.39, 0.29) is 24.8 Å². The summed E-state index contributed by atoms with van der Waals surface area (Å²) < 4.78 is 0. The molecule has 0 amide bonds. The Balaban J connectivity index is 0.00000121. The van der Waals surface area contributed by atoms with E-state index in [0.717, 1.165) is 6.54 Å². The molecule has 1 N–H and O–H groups in total. The number of nitrogens with one attached hydrogen (secondary N) is 1. The minimum atomic E-state index is 0. The zero-order valence-corrected chi connectivity index (χ0v) is 15.0. The van der Waals surface area contributed by atoms with E-state index in [0.29, 0.717) is 5.41 Å². The smallest absolute Gasteiger partial charge is 0.0193 e. The maximum atomic E-state index is 3.59. The largest absolute Gasteiger partial charge is 0.316 e. The second kappa shape index (κ2) is 8.93. The first-order valence-corrected chi connectivity index (χ1v) is 7.91. The third-order valence-electron chi connectivity index (χ3n) is 4.76. The number of hydrogen-bond donors (Lipinski definition) is 1. The van der Waals surface area contributed by atoms with E-state index in [4.69, 9.17) is 0 Å². The molecule has 124 valence electrons. The molecule has 2 nitrogen and oxygen atoms in total. The normalized spacial score (nSPS) is 25.6. The fraction of sp³-hybridized carbons (Fsp3) is 0.556. The van der Waals surface area contributed by atoms with Gasteiger partial charge in [-0.2, -0.15) is 0 Å². The first-order chi connectivity index (χ1) is 9.76. The molecule has 1 unspecified atom stereocenters. The minimum Gasteiger partial charge on any atom is -0.316 e. The fourth-order valence-electron chi connectivity index (χ4n) is 3.77. The molecule has 2 fully saturated rings. The highest BCUT2D eigenvalue weighted by atomic mass is 35.5. The predicted molar refractivity (Wildman–Crippen MR) is 100 cm³/mol. The van der Waals surface area contributed by atoms with E-state index in [1.165, 1.54) is 56.6 Å². The lowest BCUT2D eigenvalue weighted by atomic mass is 9.80. The second-order valence-electron chi connectivity index (χ2n) is 6.64. The highest BCUT2D eigenvalue weighted by Crippen LogP contribution is 2.36. The van der Waals surface area contributed by atoms with Gasteiger partial charge in [-0.3, -0.25) is 4.90 Å². The van der Waals surface area contributed by atoms with E-state index in [2.05, 4.69) is 53.5 Å². The van der Waals surface area contributed by atoms with E-state index in [1.807, 2.05) is 0 Å². The highest BCUT2D eigenvalue weighted by molar-refractivity contribution is 5.85. The summed E-state index contributed by atoms with van der Waals surface area (Å²) in [6, 6.07) is 10.7. The van der Waals surface area contributed by atoms with Gasteiger partial charge in [0.25, 0.3) is 0 Å². The van der Waals surface area contributed by atoms with Gasteiger partial charge in [-0.15, -0.1) is 24.8 Å². The van der Waals surface area contributed by atoms with Crippen molar-refractivity contribution < 1.29 is 0 Å². The summed E-state index contributed by atoms with van der Waals surface area (Å²) in [6.45, 7) is 8.37. The molecule has 2 saturated heterocycles. The van der Waals surface area contributed by atoms with Crippen molar-refractivity contribution >= 4 is 30.9 Å². The van der Waals surface area contributed by atoms with Crippen LogP contribution in [0.5, 0.6) is 0 Å². The molecule has 0 aliphatic carbocycles. The molecule has 0 bridgehead atoms. The van der Waals surface area contributed by atoms with Crippen LogP contribution in [0.4, 0.5) is 0 Å². The Morgan fingerprint density at radius 3 is 2.68 bits per heavy atom. The topological polar surface area (TPSA) is 15.3 Å². The molecule has 22 heavy (non-hydrogen) atoms. The van der Waals surface area contributed by atoms with E-state index in [9.17, 15) is 0 Å². The van der Waals surface area contributed by atoms with Crippen LogP contribution in [-0.2, 0) is 0 Å². The molecule has 2 aliphatic heterocycles. The second-order valence-corrected chi connectivity index (χ2v) is 6.64. The Morgan fingerprint density at radius 1 is 1.23 bits per heavy atom. The zero-order chi connectivity index (χ0) is 13.8. The summed E-state index contributed by atoms with van der Waals surface area (Å²) in [6.07, 6.45) is 6.47. The van der Waals surface area contributed by atoms with Crippen LogP contribution in [-0.4, -0.2) is 37.6 Å². The first kappa shape index (κ1) is 19.5. The van der Waals surface area contributed by atoms with Crippen LogP contribution in [0.1, 0.15) is 31.7 Å². The minimum absolute atomic E-state index is 0. The van der Waals surface area contributed by atoms with E-state index >= 15 is 0 Å². The monoisotopic (exact) mass is 342 g/mol. The molecule has 0 aromatic heterocycles. The third kappa shape index (κ3) is 4.99. The average Bonchev–Trinajstić information content (AvgIpc) is 2.83. The SMILES string of the molecule is C/C(=C\c1ccccc1)CN1CCC2(CCCNC2)C1.Cl.Cl. The summed E-state index contributed by atoms with van der Waals surface area (Å²) in [5.74, 6) is 0. The Hall–Kier alpha value is -0.540. The van der Waals surface area contributed by atoms with Crippen molar-refractivity contribution in [2.45, 2.75) is 26.2 Å². The average molecular weight is 343 g/mol. The summed E-state index contributed by atoms with van der Waals surface area (Å²) in [5, 5.41) is 3.59. The lowest BCUT2D eigenvalue weighted by Gasteiger charge is -2.34. The maximum absolute atomic E-state index is 3.59. The van der Waals surface area contributed by atoms with Gasteiger partial charge in [-0.1, -0.05) is 42.0 Å². The summed E-state index contributed by atoms with van der Waals surface area (Å²) in [7, 11) is 0. The van der Waals surface area contributed by atoms with Crippen molar-refractivity contribution in [3.05, 3.63) is 41.5 Å². The van der Waals surface area contributed by atoms with Gasteiger partial charge in [0, 0.05) is 19.6 Å². The van der Waals surface area contributed by atoms with Gasteiger partial charge in [-0.05, 0) is 50.3 Å². The van der Waals surface area contributed by atoms with Crippen LogP contribution >= 0.6 is 24.8 Å². The molecule has 2 aliphatic rings. The van der Waals surface area contributed by atoms with Gasteiger partial charge in [-0.25, -0.2) is 0 Å². The number of rotatable bonds is 3. The number of benzene rings is 1. The van der Waals surface area contributed by atoms with Crippen molar-refractivity contribution in [2.75, 3.05) is 32.7 Å². The Labute approximate surface area is 147 Å². The van der Waals surface area contributed by atoms with Gasteiger partial charge in [0.1, 0.15) is 0 Å². The van der Waals surface area contributed by atoms with Crippen molar-refractivity contribution in [1.82, 2.24) is 10.2 Å². The predicted octanol–water partition coefficient (Wildman–Crippen LogP) is 4.01. The van der Waals surface area contributed by atoms with Crippen molar-refractivity contribution in [3.8, 4) is 0 Å². The van der Waals surface area contributed by atoms with Gasteiger partial charge in [0.05, 0.1) is 0 Å². The maximum Gasteiger partial charge on any atom is 0.0193 e. The molecule has 2 heterocycles. The molecule has 3 rings (SSSR count). The Kier molecular flexibility index (Phi) is 7.92. The molecule has 1 atom stereocenters. The van der Waals surface area contributed by atoms with Crippen LogP contribution in [0.3, 0.4) is 0 Å². The van der Waals surface area contributed by atoms with Crippen LogP contribution in [0, 0.1) is 5.41 Å². The molecule has 0 radical (unpaired) electrons. The molecule has 1 aromatic carbocycles. The Bertz CT molecular complexity index is 467. The number of likely N-dealkylation sites (tertiary alicyclic amines) is 1. The van der Waals surface area contributed by atoms with Crippen LogP contribution in [0.2, 0.25) is 0 Å². The van der Waals surface area contributed by atoms with Crippen molar-refractivity contribution in [1.29, 1.82) is 0 Å². The van der Waals surface area contributed by atoms with Gasteiger partial charge < -0.3 is 5.32 Å². The Morgan fingerprint density at radius 2 is 2.00 bits per heavy atom. The van der Waals surface area contributed by atoms with Gasteiger partial charge >= 0.3 is 0 Å². The standard InChI is InChI=1S/C18H26N2.2ClH/c1-16(12-17-6-3-2-4-7-17)13-20-11-9-18(15-20)8-5-10-19-14-18;;/h2-4,6-7,12,19H,5,8-11,13-15H2,1H3;2*1H/b16-12+;;. The summed E-state index contributed by atoms with van der Waals surface area (Å²) in [5.41, 5.74) is 3.36. The lowest BCUT2D eigenvalue weighted by Crippen LogP contribution is -2.42. The summed E-state index contributed by atoms with van der Waals surface area (Å²) >= 11 is 0. The molecule has 1 spiro atoms. The first-order valence-electron chi connectivity index (χ1n) is 7.91. The summed E-state index contributed by atoms with van der Waals surface area (Å²) in [4.78, 5) is 2.64. The highest BCUT2D eigenvalue weighted by Gasteiger charge is 2.38. The molecule has 1 aromatic rings. The third-order valence-corrected chi connectivity index (χ3v) is 4.76. The number of halogens is 2. The van der Waals surface area contributed by atoms with Crippen LogP contribution in [0.15, 0.2) is 35.9 Å². The molecule has 4 heteroatoms. The number of piperidine rings is 1. The van der Waals surface area contributed by atoms with Gasteiger partial charge in [0.15, 0.2) is 0 Å². The quantitative estimate of drug-likeness (QED) is 0.892. The van der Waals surface area contributed by atoms with Crippen molar-refractivity contribution in [2.24, 2.45) is 5.41 Å². The van der Waals surface area contributed by atoms with Crippen LogP contribution < -0.4 is 5.32 Å². The van der Waals surface area contributed by atoms with Crippen LogP contribution in [0.25, 0.3) is 6.08 Å². The molecular weight excluding hydrogens is 315 g/mol. The number of nitrogens with zero attached hydrogens (tertiary/aromatic N) is 1. The zero-order valence-electron chi connectivity index (χ0n) is 13.4. The molecule has 0 saturated carbocycles. The van der Waals surface area contributed by atoms with Gasteiger partial charge in [0.2, 0.25) is 0 Å². The molecular formula is C18H28Cl2N2. The fourth-order valence-corrected chi connectivity index (χ4v) is 3.77.